The molecule has 3 aromatic rings. The van der Waals surface area contributed by atoms with Crippen molar-refractivity contribution in [2.45, 2.75) is 33.2 Å². The number of rotatable bonds is 2. The number of aryl methyl sites for hydroxylation is 2. The second kappa shape index (κ2) is 6.25. The van der Waals surface area contributed by atoms with Gasteiger partial charge in [0.25, 0.3) is 0 Å². The van der Waals surface area contributed by atoms with E-state index in [2.05, 4.69) is 45.1 Å². The normalized spacial score (nSPS) is 15.2. The summed E-state index contributed by atoms with van der Waals surface area (Å²) in [6.45, 7) is 8.81. The number of benzene rings is 2. The van der Waals surface area contributed by atoms with Gasteiger partial charge in [0.1, 0.15) is 10.4 Å². The van der Waals surface area contributed by atoms with Gasteiger partial charge in [-0.3, -0.25) is 0 Å². The predicted octanol–water partition coefficient (Wildman–Crippen LogP) is 6.00. The molecule has 134 valence electrons. The lowest BCUT2D eigenvalue weighted by molar-refractivity contribution is 0.415. The van der Waals surface area contributed by atoms with Crippen molar-refractivity contribution >= 4 is 32.1 Å². The molecule has 0 amide bonds. The van der Waals surface area contributed by atoms with Crippen molar-refractivity contribution in [3.63, 3.8) is 0 Å². The summed E-state index contributed by atoms with van der Waals surface area (Å²) in [5, 5.41) is 3.71. The van der Waals surface area contributed by atoms with E-state index in [-0.39, 0.29) is 5.54 Å². The van der Waals surface area contributed by atoms with E-state index in [1.165, 1.54) is 32.8 Å². The minimum absolute atomic E-state index is 0.104. The van der Waals surface area contributed by atoms with E-state index < -0.39 is 0 Å². The minimum atomic E-state index is -0.104. The first-order valence-corrected chi connectivity index (χ1v) is 10.8. The van der Waals surface area contributed by atoms with Crippen molar-refractivity contribution in [2.24, 2.45) is 4.99 Å². The summed E-state index contributed by atoms with van der Waals surface area (Å²) >= 11 is 0. The number of fused-ring (bicyclic) bond motifs is 3. The van der Waals surface area contributed by atoms with Crippen molar-refractivity contribution in [2.75, 3.05) is 12.4 Å². The van der Waals surface area contributed by atoms with Gasteiger partial charge in [-0.15, -0.1) is 0 Å². The van der Waals surface area contributed by atoms with E-state index >= 15 is 0 Å². The van der Waals surface area contributed by atoms with Crippen LogP contribution in [0.25, 0.3) is 11.1 Å². The average Bonchev–Trinajstić information content (AvgIpc) is 3.02. The highest BCUT2D eigenvalue weighted by Gasteiger charge is 2.33. The quantitative estimate of drug-likeness (QED) is 0.552. The van der Waals surface area contributed by atoms with Crippen LogP contribution in [0.1, 0.15) is 29.9 Å². The van der Waals surface area contributed by atoms with Crippen molar-refractivity contribution in [3.05, 3.63) is 57.1 Å². The van der Waals surface area contributed by atoms with E-state index in [1.54, 1.807) is 17.5 Å². The molecule has 1 aliphatic rings. The van der Waals surface area contributed by atoms with E-state index in [4.69, 9.17) is 9.73 Å². The third-order valence-corrected chi connectivity index (χ3v) is 7.49. The first-order valence-electron chi connectivity index (χ1n) is 8.61. The molecule has 3 nitrogen and oxygen atoms in total. The van der Waals surface area contributed by atoms with Crippen LogP contribution in [-0.2, 0) is 5.54 Å². The number of ether oxygens (including phenoxy) is 1. The maximum absolute atomic E-state index is 5.34. The number of nitrogens with one attached hydrogen (secondary N) is 1. The Bertz CT molecular complexity index is 1060. The molecule has 26 heavy (non-hydrogen) atoms. The molecule has 0 aliphatic carbocycles. The predicted molar refractivity (Wildman–Crippen MR) is 112 cm³/mol. The highest BCUT2D eigenvalue weighted by Crippen LogP contribution is 2.46. The van der Waals surface area contributed by atoms with Gasteiger partial charge in [0.05, 0.1) is 23.2 Å². The van der Waals surface area contributed by atoms with Crippen LogP contribution in [0, 0.1) is 13.8 Å². The van der Waals surface area contributed by atoms with Gasteiger partial charge in [0.15, 0.2) is 0 Å². The number of hydrogen-bond donors (Lipinski definition) is 1. The van der Waals surface area contributed by atoms with E-state index in [0.717, 1.165) is 16.1 Å². The Morgan fingerprint density at radius 1 is 1.04 bits per heavy atom. The van der Waals surface area contributed by atoms with Crippen LogP contribution in [0.3, 0.4) is 0 Å². The molecule has 1 aromatic heterocycles. The topological polar surface area (TPSA) is 33.6 Å². The molecule has 0 fully saturated rings. The Labute approximate surface area is 161 Å². The van der Waals surface area contributed by atoms with E-state index in [0.29, 0.717) is 0 Å². The van der Waals surface area contributed by atoms with E-state index in [9.17, 15) is 0 Å². The summed E-state index contributed by atoms with van der Waals surface area (Å²) in [4.78, 5) is 6.31. The van der Waals surface area contributed by atoms with Gasteiger partial charge in [-0.25, -0.2) is 4.99 Å². The lowest BCUT2D eigenvalue weighted by Gasteiger charge is -2.33. The van der Waals surface area contributed by atoms with Gasteiger partial charge in [-0.05, 0) is 63.1 Å². The third-order valence-electron chi connectivity index (χ3n) is 4.85. The molecular weight excluding hydrogens is 360 g/mol. The average molecular weight is 383 g/mol. The van der Waals surface area contributed by atoms with Gasteiger partial charge in [0.2, 0.25) is 0 Å². The van der Waals surface area contributed by atoms with Crippen LogP contribution in [0.5, 0.6) is 5.75 Å². The molecule has 1 aliphatic heterocycles. The van der Waals surface area contributed by atoms with Gasteiger partial charge in [-0.2, -0.15) is 0 Å². The van der Waals surface area contributed by atoms with Crippen molar-refractivity contribution in [1.29, 1.82) is 0 Å². The Balaban J connectivity index is 1.97. The van der Waals surface area contributed by atoms with Crippen molar-refractivity contribution in [1.82, 2.24) is 0 Å². The van der Waals surface area contributed by atoms with Gasteiger partial charge in [-0.1, -0.05) is 26.7 Å². The Kier molecular flexibility index (Phi) is 4.16. The smallest absolute Gasteiger partial charge is 0.135 e. The number of methoxy groups -OCH3 is 1. The first-order chi connectivity index (χ1) is 12.4. The first kappa shape index (κ1) is 17.3. The van der Waals surface area contributed by atoms with Crippen LogP contribution >= 0.6 is 20.7 Å². The molecule has 0 atom stereocenters. The van der Waals surface area contributed by atoms with Gasteiger partial charge >= 0.3 is 0 Å². The van der Waals surface area contributed by atoms with Crippen LogP contribution in [0.15, 0.2) is 41.4 Å². The molecule has 1 N–H and O–H groups in total. The second-order valence-corrected chi connectivity index (χ2v) is 9.35. The third kappa shape index (κ3) is 2.85. The van der Waals surface area contributed by atoms with Crippen LogP contribution < -0.4 is 14.7 Å². The van der Waals surface area contributed by atoms with Crippen LogP contribution in [-0.4, -0.2) is 7.11 Å². The molecule has 0 bridgehead atoms. The van der Waals surface area contributed by atoms with Crippen molar-refractivity contribution in [3.8, 4) is 16.9 Å². The maximum Gasteiger partial charge on any atom is 0.135 e. The zero-order valence-corrected chi connectivity index (χ0v) is 17.3. The lowest BCUT2D eigenvalue weighted by atomic mass is 9.88. The molecule has 0 saturated heterocycles. The molecule has 0 spiro atoms. The lowest BCUT2D eigenvalue weighted by Crippen LogP contribution is -2.31. The standard InChI is InChI=1S/C21H22N2OS2/c1-12-9-16-17(10-13(12)2)23-21(3,4)19-18(16)20(26-25-19)22-14-7-6-8-15(11-14)24-5/h6-11,23H,1-5H3. The summed E-state index contributed by atoms with van der Waals surface area (Å²) in [5.41, 5.74) is 7.14. The molecule has 0 radical (unpaired) electrons. The number of nitrogens with zero attached hydrogens (tertiary/aromatic N) is 1. The van der Waals surface area contributed by atoms with Crippen LogP contribution in [0.2, 0.25) is 0 Å². The SMILES string of the molecule is COc1cccc(N=c2ssc3c2-c2cc(C)c(C)cc2NC3(C)C)c1. The number of anilines is 1. The zero-order valence-electron chi connectivity index (χ0n) is 15.6. The minimum Gasteiger partial charge on any atom is -0.497 e. The maximum atomic E-state index is 5.34. The van der Waals surface area contributed by atoms with Crippen LogP contribution in [0.4, 0.5) is 11.4 Å². The molecule has 0 unspecified atom stereocenters. The monoisotopic (exact) mass is 382 g/mol. The highest BCUT2D eigenvalue weighted by molar-refractivity contribution is 7.68. The highest BCUT2D eigenvalue weighted by atomic mass is 32.9. The van der Waals surface area contributed by atoms with Gasteiger partial charge in [0, 0.05) is 22.9 Å². The van der Waals surface area contributed by atoms with E-state index in [1.807, 2.05) is 34.6 Å². The molecule has 0 saturated carbocycles. The molecular formula is C21H22N2OS2. The molecule has 2 heterocycles. The molecule has 4 rings (SSSR count). The fraction of sp³-hybridized carbons (Fsp3) is 0.286. The summed E-state index contributed by atoms with van der Waals surface area (Å²) in [6, 6.07) is 12.5. The summed E-state index contributed by atoms with van der Waals surface area (Å²) in [6.07, 6.45) is 0. The second-order valence-electron chi connectivity index (χ2n) is 7.22. The summed E-state index contributed by atoms with van der Waals surface area (Å²) in [5.74, 6) is 0.828. The van der Waals surface area contributed by atoms with Gasteiger partial charge < -0.3 is 10.1 Å². The number of hydrogen-bond acceptors (Lipinski definition) is 5. The fourth-order valence-corrected chi connectivity index (χ4v) is 6.25. The fourth-order valence-electron chi connectivity index (χ4n) is 3.31. The summed E-state index contributed by atoms with van der Waals surface area (Å²) < 4.78 is 6.41. The Morgan fingerprint density at radius 3 is 2.58 bits per heavy atom. The Morgan fingerprint density at radius 2 is 1.81 bits per heavy atom. The zero-order chi connectivity index (χ0) is 18.5. The Hall–Kier alpha value is -2.11. The largest absolute Gasteiger partial charge is 0.497 e. The molecule has 2 aromatic carbocycles. The summed E-state index contributed by atoms with van der Waals surface area (Å²) in [7, 11) is 5.24. The van der Waals surface area contributed by atoms with Crippen molar-refractivity contribution < 1.29 is 4.74 Å². The molecule has 5 heteroatoms.